The van der Waals surface area contributed by atoms with E-state index in [1.165, 1.54) is 12.1 Å². The maximum Gasteiger partial charge on any atom is 0.416 e. The first-order valence-corrected chi connectivity index (χ1v) is 7.61. The Morgan fingerprint density at radius 3 is 2.71 bits per heavy atom. The third kappa shape index (κ3) is 5.10. The number of hydrogen-bond acceptors (Lipinski definition) is 4. The van der Waals surface area contributed by atoms with Crippen molar-refractivity contribution in [1.82, 2.24) is 5.32 Å². The predicted molar refractivity (Wildman–Crippen MR) is 79.6 cm³/mol. The maximum absolute atomic E-state index is 13.2. The first-order valence-electron chi connectivity index (χ1n) is 7.61. The number of ether oxygens (including phenoxy) is 3. The molecule has 8 heteroatoms. The summed E-state index contributed by atoms with van der Waals surface area (Å²) in [5, 5.41) is 2.46. The Balaban J connectivity index is 2.09. The Labute approximate surface area is 138 Å². The molecular formula is C16H20F3NO4. The number of carbonyl (C=O) groups excluding carboxylic acids is 1. The summed E-state index contributed by atoms with van der Waals surface area (Å²) in [5.74, 6) is -0.359. The topological polar surface area (TPSA) is 56.8 Å². The lowest BCUT2D eigenvalue weighted by Gasteiger charge is -2.22. The standard InChI is InChI=1S/C16H20F3NO4/c1-10(2)24-12-4-3-11(13(7-12)16(17,18)19)8-20-15(21)14-9-22-5-6-23-14/h3-4,7,10,14H,5-6,8-9H2,1-2H3,(H,20,21). The Kier molecular flexibility index (Phi) is 6.06. The monoisotopic (exact) mass is 347 g/mol. The minimum absolute atomic E-state index is 0.0383. The van der Waals surface area contributed by atoms with Gasteiger partial charge in [-0.3, -0.25) is 4.79 Å². The molecule has 2 rings (SSSR count). The van der Waals surface area contributed by atoms with Gasteiger partial charge in [-0.25, -0.2) is 0 Å². The molecule has 0 radical (unpaired) electrons. The molecule has 1 atom stereocenters. The molecule has 5 nitrogen and oxygen atoms in total. The van der Waals surface area contributed by atoms with Crippen molar-refractivity contribution in [2.75, 3.05) is 19.8 Å². The molecule has 1 unspecified atom stereocenters. The fraction of sp³-hybridized carbons (Fsp3) is 0.562. The Bertz CT molecular complexity index is 569. The van der Waals surface area contributed by atoms with Gasteiger partial charge in [0.25, 0.3) is 5.91 Å². The van der Waals surface area contributed by atoms with E-state index in [1.54, 1.807) is 13.8 Å². The average Bonchev–Trinajstić information content (AvgIpc) is 2.52. The van der Waals surface area contributed by atoms with Gasteiger partial charge in [0, 0.05) is 6.54 Å². The van der Waals surface area contributed by atoms with Crippen molar-refractivity contribution in [1.29, 1.82) is 0 Å². The zero-order valence-corrected chi connectivity index (χ0v) is 13.5. The van der Waals surface area contributed by atoms with Crippen molar-refractivity contribution in [3.63, 3.8) is 0 Å². The number of carbonyl (C=O) groups is 1. The van der Waals surface area contributed by atoms with Gasteiger partial charge in [-0.15, -0.1) is 0 Å². The second kappa shape index (κ2) is 7.85. The van der Waals surface area contributed by atoms with E-state index in [0.717, 1.165) is 6.07 Å². The molecule has 1 aliphatic rings. The van der Waals surface area contributed by atoms with Crippen LogP contribution in [0, 0.1) is 0 Å². The van der Waals surface area contributed by atoms with Gasteiger partial charge in [0.05, 0.1) is 31.5 Å². The molecule has 1 saturated heterocycles. The van der Waals surface area contributed by atoms with Crippen LogP contribution in [-0.2, 0) is 27.0 Å². The van der Waals surface area contributed by atoms with Crippen LogP contribution in [0.5, 0.6) is 5.75 Å². The Hall–Kier alpha value is -1.80. The summed E-state index contributed by atoms with van der Waals surface area (Å²) in [6.45, 7) is 3.99. The minimum Gasteiger partial charge on any atom is -0.491 e. The first-order chi connectivity index (χ1) is 11.3. The molecule has 24 heavy (non-hydrogen) atoms. The highest BCUT2D eigenvalue weighted by molar-refractivity contribution is 5.81. The fourth-order valence-electron chi connectivity index (χ4n) is 2.25. The zero-order valence-electron chi connectivity index (χ0n) is 13.5. The molecule has 1 heterocycles. The lowest BCUT2D eigenvalue weighted by atomic mass is 10.1. The van der Waals surface area contributed by atoms with Crippen LogP contribution in [-0.4, -0.2) is 37.9 Å². The van der Waals surface area contributed by atoms with Crippen LogP contribution in [0.4, 0.5) is 13.2 Å². The molecule has 1 fully saturated rings. The van der Waals surface area contributed by atoms with E-state index in [1.807, 2.05) is 0 Å². The molecule has 1 aromatic carbocycles. The number of hydrogen-bond donors (Lipinski definition) is 1. The highest BCUT2D eigenvalue weighted by Crippen LogP contribution is 2.34. The van der Waals surface area contributed by atoms with E-state index in [9.17, 15) is 18.0 Å². The van der Waals surface area contributed by atoms with Gasteiger partial charge in [-0.2, -0.15) is 13.2 Å². The van der Waals surface area contributed by atoms with Crippen LogP contribution in [0.2, 0.25) is 0 Å². The third-order valence-corrected chi connectivity index (χ3v) is 3.32. The molecule has 0 aliphatic carbocycles. The van der Waals surface area contributed by atoms with Crippen molar-refractivity contribution < 1.29 is 32.2 Å². The molecular weight excluding hydrogens is 327 g/mol. The number of rotatable bonds is 5. The molecule has 1 amide bonds. The second-order valence-electron chi connectivity index (χ2n) is 5.64. The van der Waals surface area contributed by atoms with Gasteiger partial charge in [0.15, 0.2) is 6.10 Å². The minimum atomic E-state index is -4.54. The summed E-state index contributed by atoms with van der Waals surface area (Å²) in [4.78, 5) is 11.9. The summed E-state index contributed by atoms with van der Waals surface area (Å²) in [7, 11) is 0. The van der Waals surface area contributed by atoms with Gasteiger partial charge in [-0.1, -0.05) is 6.07 Å². The van der Waals surface area contributed by atoms with Crippen molar-refractivity contribution >= 4 is 5.91 Å². The zero-order chi connectivity index (χ0) is 17.7. The van der Waals surface area contributed by atoms with Crippen LogP contribution in [0.3, 0.4) is 0 Å². The smallest absolute Gasteiger partial charge is 0.416 e. The highest BCUT2D eigenvalue weighted by Gasteiger charge is 2.34. The van der Waals surface area contributed by atoms with Gasteiger partial charge in [0.1, 0.15) is 5.75 Å². The summed E-state index contributed by atoms with van der Waals surface area (Å²) < 4.78 is 55.3. The largest absolute Gasteiger partial charge is 0.491 e. The molecule has 1 N–H and O–H groups in total. The van der Waals surface area contributed by atoms with Gasteiger partial charge in [0.2, 0.25) is 0 Å². The third-order valence-electron chi connectivity index (χ3n) is 3.32. The average molecular weight is 347 g/mol. The maximum atomic E-state index is 13.2. The van der Waals surface area contributed by atoms with E-state index >= 15 is 0 Å². The molecule has 0 aromatic heterocycles. The van der Waals surface area contributed by atoms with Crippen molar-refractivity contribution in [3.05, 3.63) is 29.3 Å². The molecule has 0 bridgehead atoms. The summed E-state index contributed by atoms with van der Waals surface area (Å²) >= 11 is 0. The second-order valence-corrected chi connectivity index (χ2v) is 5.64. The van der Waals surface area contributed by atoms with Gasteiger partial charge >= 0.3 is 6.18 Å². The molecule has 0 spiro atoms. The van der Waals surface area contributed by atoms with Crippen LogP contribution in [0.15, 0.2) is 18.2 Å². The van der Waals surface area contributed by atoms with Crippen molar-refractivity contribution in [2.45, 2.75) is 38.8 Å². The quantitative estimate of drug-likeness (QED) is 0.889. The predicted octanol–water partition coefficient (Wildman–Crippen LogP) is 2.52. The number of benzene rings is 1. The van der Waals surface area contributed by atoms with E-state index in [4.69, 9.17) is 14.2 Å². The van der Waals surface area contributed by atoms with Crippen molar-refractivity contribution in [3.8, 4) is 5.75 Å². The number of nitrogens with one attached hydrogen (secondary N) is 1. The fourth-order valence-corrected chi connectivity index (χ4v) is 2.25. The Morgan fingerprint density at radius 2 is 2.12 bits per heavy atom. The first kappa shape index (κ1) is 18.5. The highest BCUT2D eigenvalue weighted by atomic mass is 19.4. The van der Waals surface area contributed by atoms with E-state index in [0.29, 0.717) is 6.61 Å². The molecule has 0 saturated carbocycles. The molecule has 134 valence electrons. The SMILES string of the molecule is CC(C)Oc1ccc(CNC(=O)C2COCCO2)c(C(F)(F)F)c1. The molecule has 1 aromatic rings. The summed E-state index contributed by atoms with van der Waals surface area (Å²) in [6, 6.07) is 3.71. The van der Waals surface area contributed by atoms with E-state index in [-0.39, 0.29) is 37.2 Å². The normalized spacial score (nSPS) is 18.5. The number of amides is 1. The lowest BCUT2D eigenvalue weighted by molar-refractivity contribution is -0.148. The number of alkyl halides is 3. The van der Waals surface area contributed by atoms with Crippen LogP contribution in [0.25, 0.3) is 0 Å². The van der Waals surface area contributed by atoms with Gasteiger partial charge in [-0.05, 0) is 31.5 Å². The van der Waals surface area contributed by atoms with E-state index < -0.39 is 23.8 Å². The lowest BCUT2D eigenvalue weighted by Crippen LogP contribution is -2.42. The van der Waals surface area contributed by atoms with Crippen LogP contribution >= 0.6 is 0 Å². The van der Waals surface area contributed by atoms with Crippen LogP contribution in [0.1, 0.15) is 25.0 Å². The number of halogens is 3. The summed E-state index contributed by atoms with van der Waals surface area (Å²) in [5.41, 5.74) is -0.870. The van der Waals surface area contributed by atoms with E-state index in [2.05, 4.69) is 5.32 Å². The Morgan fingerprint density at radius 1 is 1.38 bits per heavy atom. The van der Waals surface area contributed by atoms with Crippen LogP contribution < -0.4 is 10.1 Å². The molecule has 1 aliphatic heterocycles. The summed E-state index contributed by atoms with van der Waals surface area (Å²) in [6.07, 6.45) is -5.57. The van der Waals surface area contributed by atoms with Gasteiger partial charge < -0.3 is 19.5 Å². The van der Waals surface area contributed by atoms with Crippen molar-refractivity contribution in [2.24, 2.45) is 0 Å².